The van der Waals surface area contributed by atoms with E-state index in [0.717, 1.165) is 5.56 Å². The highest BCUT2D eigenvalue weighted by atomic mass is 16.6. The Morgan fingerprint density at radius 3 is 2.54 bits per heavy atom. The number of benzene rings is 1. The molecule has 1 unspecified atom stereocenters. The predicted octanol–water partition coefficient (Wildman–Crippen LogP) is 1.04. The Labute approximate surface area is 137 Å². The number of furan rings is 1. The van der Waals surface area contributed by atoms with E-state index in [-0.39, 0.29) is 6.61 Å². The summed E-state index contributed by atoms with van der Waals surface area (Å²) in [4.78, 5) is 8.53. The average molecular weight is 328 g/mol. The molecule has 1 saturated heterocycles. The number of rotatable bonds is 3. The van der Waals surface area contributed by atoms with Gasteiger partial charge in [-0.25, -0.2) is 9.97 Å². The fourth-order valence-electron chi connectivity index (χ4n) is 3.03. The molecule has 2 aromatic heterocycles. The standard InChI is InChI=1S/C17H16N2O5/c20-6-11-14(21)15(22)16(24-11)10-7-23-17-12(18-8-19-13(10)17)9-4-2-1-3-5-9/h1-5,7-8,11,14-16,20-22H,6H2/t11-,14-,15-,16?/m1/s1. The number of aromatic nitrogens is 2. The first-order valence-corrected chi connectivity index (χ1v) is 7.60. The Bertz CT molecular complexity index is 851. The van der Waals surface area contributed by atoms with E-state index in [4.69, 9.17) is 9.15 Å². The molecule has 0 amide bonds. The number of ether oxygens (including phenoxy) is 1. The smallest absolute Gasteiger partial charge is 0.178 e. The minimum absolute atomic E-state index is 0.380. The van der Waals surface area contributed by atoms with Gasteiger partial charge in [0.15, 0.2) is 5.58 Å². The molecule has 124 valence electrons. The number of aliphatic hydroxyl groups is 3. The molecule has 0 aliphatic carbocycles. The molecule has 0 bridgehead atoms. The molecule has 1 aliphatic rings. The van der Waals surface area contributed by atoms with Crippen LogP contribution in [0.25, 0.3) is 22.4 Å². The third kappa shape index (κ3) is 2.30. The molecule has 7 heteroatoms. The summed E-state index contributed by atoms with van der Waals surface area (Å²) in [5.74, 6) is 0. The van der Waals surface area contributed by atoms with Gasteiger partial charge in [-0.1, -0.05) is 30.3 Å². The molecule has 3 N–H and O–H groups in total. The zero-order valence-corrected chi connectivity index (χ0v) is 12.6. The third-order valence-corrected chi connectivity index (χ3v) is 4.28. The second-order valence-corrected chi connectivity index (χ2v) is 5.72. The van der Waals surface area contributed by atoms with Crippen molar-refractivity contribution in [2.75, 3.05) is 6.61 Å². The summed E-state index contributed by atoms with van der Waals surface area (Å²) in [6.07, 6.45) is -1.13. The number of aliphatic hydroxyl groups excluding tert-OH is 3. The van der Waals surface area contributed by atoms with Crippen molar-refractivity contribution < 1.29 is 24.5 Å². The van der Waals surface area contributed by atoms with Crippen LogP contribution in [0.4, 0.5) is 0 Å². The Morgan fingerprint density at radius 1 is 1.04 bits per heavy atom. The van der Waals surface area contributed by atoms with Gasteiger partial charge in [0.25, 0.3) is 0 Å². The van der Waals surface area contributed by atoms with Gasteiger partial charge < -0.3 is 24.5 Å². The first kappa shape index (κ1) is 15.2. The lowest BCUT2D eigenvalue weighted by Crippen LogP contribution is -2.32. The van der Waals surface area contributed by atoms with E-state index < -0.39 is 24.4 Å². The summed E-state index contributed by atoms with van der Waals surface area (Å²) >= 11 is 0. The molecule has 1 aromatic carbocycles. The van der Waals surface area contributed by atoms with Crippen LogP contribution in [-0.2, 0) is 4.74 Å². The van der Waals surface area contributed by atoms with Crippen molar-refractivity contribution in [3.8, 4) is 11.3 Å². The first-order valence-electron chi connectivity index (χ1n) is 7.60. The second-order valence-electron chi connectivity index (χ2n) is 5.72. The molecule has 24 heavy (non-hydrogen) atoms. The van der Waals surface area contributed by atoms with Gasteiger partial charge in [0.1, 0.15) is 42.0 Å². The molecular weight excluding hydrogens is 312 g/mol. The van der Waals surface area contributed by atoms with Crippen LogP contribution in [0.1, 0.15) is 11.7 Å². The molecule has 0 saturated carbocycles. The highest BCUT2D eigenvalue weighted by molar-refractivity contribution is 5.89. The van der Waals surface area contributed by atoms with Crippen LogP contribution in [0.15, 0.2) is 47.3 Å². The Balaban J connectivity index is 1.80. The van der Waals surface area contributed by atoms with Crippen LogP contribution in [0, 0.1) is 0 Å². The van der Waals surface area contributed by atoms with Crippen LogP contribution in [0.5, 0.6) is 0 Å². The summed E-state index contributed by atoms with van der Waals surface area (Å²) < 4.78 is 11.2. The van der Waals surface area contributed by atoms with Crippen LogP contribution in [0.3, 0.4) is 0 Å². The van der Waals surface area contributed by atoms with Gasteiger partial charge in [0, 0.05) is 11.1 Å². The van der Waals surface area contributed by atoms with Crippen molar-refractivity contribution in [2.45, 2.75) is 24.4 Å². The second kappa shape index (κ2) is 5.95. The molecule has 1 fully saturated rings. The van der Waals surface area contributed by atoms with Crippen LogP contribution in [-0.4, -0.2) is 50.2 Å². The van der Waals surface area contributed by atoms with Gasteiger partial charge in [0.05, 0.1) is 12.9 Å². The molecule has 3 heterocycles. The third-order valence-electron chi connectivity index (χ3n) is 4.28. The van der Waals surface area contributed by atoms with Crippen molar-refractivity contribution in [1.82, 2.24) is 9.97 Å². The van der Waals surface area contributed by atoms with E-state index >= 15 is 0 Å². The largest absolute Gasteiger partial charge is 0.460 e. The SMILES string of the molecule is OC[C@H]1OC(c2coc3c(-c4ccccc4)ncnc23)[C@H](O)[C@@H]1O. The van der Waals surface area contributed by atoms with Crippen LogP contribution in [0.2, 0.25) is 0 Å². The predicted molar refractivity (Wildman–Crippen MR) is 84.0 cm³/mol. The lowest BCUT2D eigenvalue weighted by atomic mass is 10.0. The molecule has 0 spiro atoms. The molecule has 4 atom stereocenters. The Morgan fingerprint density at radius 2 is 1.83 bits per heavy atom. The number of nitrogens with zero attached hydrogens (tertiary/aromatic N) is 2. The summed E-state index contributed by atoms with van der Waals surface area (Å²) in [5, 5.41) is 29.4. The maximum atomic E-state index is 10.2. The van der Waals surface area contributed by atoms with Crippen molar-refractivity contribution in [2.24, 2.45) is 0 Å². The Hall–Kier alpha value is -2.32. The number of fused-ring (bicyclic) bond motifs is 1. The van der Waals surface area contributed by atoms with Gasteiger partial charge in [-0.3, -0.25) is 0 Å². The fourth-order valence-corrected chi connectivity index (χ4v) is 3.03. The minimum atomic E-state index is -1.17. The van der Waals surface area contributed by atoms with Gasteiger partial charge >= 0.3 is 0 Å². The molecule has 3 aromatic rings. The summed E-state index contributed by atoms with van der Waals surface area (Å²) in [6.45, 7) is -0.380. The maximum Gasteiger partial charge on any atom is 0.178 e. The maximum absolute atomic E-state index is 10.2. The van der Waals surface area contributed by atoms with Crippen LogP contribution >= 0.6 is 0 Å². The number of hydrogen-bond donors (Lipinski definition) is 3. The summed E-state index contributed by atoms with van der Waals surface area (Å²) in [5.41, 5.74) is 3.03. The van der Waals surface area contributed by atoms with Crippen molar-refractivity contribution in [3.05, 3.63) is 48.5 Å². The van der Waals surface area contributed by atoms with Crippen molar-refractivity contribution in [3.63, 3.8) is 0 Å². The van der Waals surface area contributed by atoms with Crippen LogP contribution < -0.4 is 0 Å². The minimum Gasteiger partial charge on any atom is -0.460 e. The highest BCUT2D eigenvalue weighted by Gasteiger charge is 2.44. The average Bonchev–Trinajstić information content (AvgIpc) is 3.17. The molecule has 1 aliphatic heterocycles. The van der Waals surface area contributed by atoms with E-state index in [1.807, 2.05) is 30.3 Å². The zero-order chi connectivity index (χ0) is 16.7. The van der Waals surface area contributed by atoms with E-state index in [2.05, 4.69) is 9.97 Å². The van der Waals surface area contributed by atoms with E-state index in [1.54, 1.807) is 0 Å². The van der Waals surface area contributed by atoms with Gasteiger partial charge in [-0.15, -0.1) is 0 Å². The molecule has 4 rings (SSSR count). The number of hydrogen-bond acceptors (Lipinski definition) is 7. The van der Waals surface area contributed by atoms with E-state index in [9.17, 15) is 15.3 Å². The zero-order valence-electron chi connectivity index (χ0n) is 12.6. The van der Waals surface area contributed by atoms with Gasteiger partial charge in [0.2, 0.25) is 0 Å². The molecular formula is C17H16N2O5. The normalized spacial score (nSPS) is 27.0. The molecule has 7 nitrogen and oxygen atoms in total. The van der Waals surface area contributed by atoms with Crippen molar-refractivity contribution in [1.29, 1.82) is 0 Å². The highest BCUT2D eigenvalue weighted by Crippen LogP contribution is 2.38. The quantitative estimate of drug-likeness (QED) is 0.659. The fraction of sp³-hybridized carbons (Fsp3) is 0.294. The monoisotopic (exact) mass is 328 g/mol. The summed E-state index contributed by atoms with van der Waals surface area (Å²) in [6, 6.07) is 9.54. The molecule has 0 radical (unpaired) electrons. The summed E-state index contributed by atoms with van der Waals surface area (Å²) in [7, 11) is 0. The van der Waals surface area contributed by atoms with Gasteiger partial charge in [-0.2, -0.15) is 0 Å². The lowest BCUT2D eigenvalue weighted by Gasteiger charge is -2.12. The van der Waals surface area contributed by atoms with E-state index in [0.29, 0.717) is 22.4 Å². The van der Waals surface area contributed by atoms with Crippen molar-refractivity contribution >= 4 is 11.1 Å². The Kier molecular flexibility index (Phi) is 3.78. The lowest BCUT2D eigenvalue weighted by molar-refractivity contribution is -0.0226. The first-order chi connectivity index (χ1) is 11.7. The van der Waals surface area contributed by atoms with Gasteiger partial charge in [-0.05, 0) is 0 Å². The topological polar surface area (TPSA) is 109 Å². The van der Waals surface area contributed by atoms with E-state index in [1.165, 1.54) is 12.6 Å².